The molecule has 0 aromatic heterocycles. The lowest BCUT2D eigenvalue weighted by atomic mass is 10.3. The maximum atomic E-state index is 12.4. The minimum Gasteiger partial charge on any atom is -0.480 e. The fourth-order valence-corrected chi connectivity index (χ4v) is 3.23. The molecule has 0 saturated heterocycles. The molecule has 0 aliphatic carbocycles. The first-order chi connectivity index (χ1) is 12.2. The van der Waals surface area contributed by atoms with Crippen LogP contribution in [0.15, 0.2) is 47.4 Å². The highest BCUT2D eigenvalue weighted by molar-refractivity contribution is 7.92. The second-order valence-electron chi connectivity index (χ2n) is 4.87. The number of nitro groups is 1. The van der Waals surface area contributed by atoms with Crippen LogP contribution in [0.3, 0.4) is 0 Å². The van der Waals surface area contributed by atoms with Gasteiger partial charge in [0.15, 0.2) is 6.61 Å². The number of anilines is 1. The maximum Gasteiger partial charge on any atom is 0.343 e. The van der Waals surface area contributed by atoms with Crippen LogP contribution in [-0.4, -0.2) is 33.0 Å². The quantitative estimate of drug-likeness (QED) is 0.430. The molecule has 0 spiro atoms. The number of ether oxygens (including phenoxy) is 2. The molecule has 1 N–H and O–H groups in total. The van der Waals surface area contributed by atoms with Gasteiger partial charge in [-0.05, 0) is 24.3 Å². The molecule has 0 bridgehead atoms. The van der Waals surface area contributed by atoms with Gasteiger partial charge in [0.05, 0.1) is 27.6 Å². The molecule has 26 heavy (non-hydrogen) atoms. The van der Waals surface area contributed by atoms with Crippen LogP contribution in [0.4, 0.5) is 11.4 Å². The summed E-state index contributed by atoms with van der Waals surface area (Å²) in [7, 11) is -2.84. The SMILES string of the molecule is COC(=O)COc1ccc(S(=O)(=O)Nc2cccc([N+](=O)[O-])c2)cc1Cl. The van der Waals surface area contributed by atoms with Gasteiger partial charge in [-0.15, -0.1) is 0 Å². The number of rotatable bonds is 7. The van der Waals surface area contributed by atoms with Gasteiger partial charge in [-0.3, -0.25) is 14.8 Å². The van der Waals surface area contributed by atoms with Gasteiger partial charge in [-0.25, -0.2) is 13.2 Å². The summed E-state index contributed by atoms with van der Waals surface area (Å²) >= 11 is 5.97. The lowest BCUT2D eigenvalue weighted by Crippen LogP contribution is -2.14. The molecule has 0 heterocycles. The summed E-state index contributed by atoms with van der Waals surface area (Å²) in [5.74, 6) is -0.517. The number of esters is 1. The Labute approximate surface area is 153 Å². The average molecular weight is 401 g/mol. The first-order valence-electron chi connectivity index (χ1n) is 6.99. The minimum atomic E-state index is -4.04. The standard InChI is InChI=1S/C15H13ClN2O7S/c1-24-15(19)9-25-14-6-5-12(8-13(14)16)26(22,23)17-10-3-2-4-11(7-10)18(20)21/h2-8,17H,9H2,1H3. The van der Waals surface area contributed by atoms with E-state index in [1.165, 1.54) is 37.4 Å². The zero-order valence-electron chi connectivity index (χ0n) is 13.3. The third-order valence-electron chi connectivity index (χ3n) is 3.10. The summed E-state index contributed by atoms with van der Waals surface area (Å²) in [5.41, 5.74) is -0.226. The Morgan fingerprint density at radius 2 is 2.00 bits per heavy atom. The lowest BCUT2D eigenvalue weighted by molar-refractivity contribution is -0.384. The van der Waals surface area contributed by atoms with Crippen LogP contribution in [0.25, 0.3) is 0 Å². The molecule has 9 nitrogen and oxygen atoms in total. The summed E-state index contributed by atoms with van der Waals surface area (Å²) in [6, 6.07) is 8.70. The van der Waals surface area contributed by atoms with Crippen molar-refractivity contribution in [2.24, 2.45) is 0 Å². The second-order valence-corrected chi connectivity index (χ2v) is 6.96. The number of benzene rings is 2. The molecule has 0 radical (unpaired) electrons. The first-order valence-corrected chi connectivity index (χ1v) is 8.85. The number of carbonyl (C=O) groups excluding carboxylic acids is 1. The molecule has 0 fully saturated rings. The molecule has 0 aliphatic rings. The number of nitrogens with zero attached hydrogens (tertiary/aromatic N) is 1. The summed E-state index contributed by atoms with van der Waals surface area (Å²) in [5, 5.41) is 10.7. The van der Waals surface area contributed by atoms with E-state index in [4.69, 9.17) is 16.3 Å². The molecule has 0 saturated carbocycles. The van der Waals surface area contributed by atoms with E-state index in [2.05, 4.69) is 9.46 Å². The van der Waals surface area contributed by atoms with E-state index in [9.17, 15) is 23.3 Å². The zero-order valence-corrected chi connectivity index (χ0v) is 14.9. The lowest BCUT2D eigenvalue weighted by Gasteiger charge is -2.11. The number of methoxy groups -OCH3 is 1. The Hall–Kier alpha value is -2.85. The highest BCUT2D eigenvalue weighted by Crippen LogP contribution is 2.28. The fourth-order valence-electron chi connectivity index (χ4n) is 1.86. The number of carbonyl (C=O) groups is 1. The van der Waals surface area contributed by atoms with Crippen molar-refractivity contribution in [1.82, 2.24) is 0 Å². The second kappa shape index (κ2) is 8.02. The molecule has 2 aromatic carbocycles. The molecule has 0 aliphatic heterocycles. The normalized spacial score (nSPS) is 10.8. The maximum absolute atomic E-state index is 12.4. The van der Waals surface area contributed by atoms with E-state index in [1.54, 1.807) is 0 Å². The number of hydrogen-bond acceptors (Lipinski definition) is 7. The fraction of sp³-hybridized carbons (Fsp3) is 0.133. The summed E-state index contributed by atoms with van der Waals surface area (Å²) < 4.78 is 36.6. The molecular formula is C15H13ClN2O7S. The number of sulfonamides is 1. The van der Waals surface area contributed by atoms with Crippen LogP contribution < -0.4 is 9.46 Å². The Morgan fingerprint density at radius 3 is 2.62 bits per heavy atom. The van der Waals surface area contributed by atoms with Gasteiger partial charge in [0, 0.05) is 12.1 Å². The van der Waals surface area contributed by atoms with Crippen LogP contribution >= 0.6 is 11.6 Å². The molecule has 11 heteroatoms. The van der Waals surface area contributed by atoms with Crippen LogP contribution in [0.1, 0.15) is 0 Å². The Balaban J connectivity index is 2.21. The van der Waals surface area contributed by atoms with E-state index in [0.29, 0.717) is 0 Å². The number of hydrogen-bond donors (Lipinski definition) is 1. The van der Waals surface area contributed by atoms with Gasteiger partial charge in [-0.2, -0.15) is 0 Å². The van der Waals surface area contributed by atoms with Crippen LogP contribution in [0, 0.1) is 10.1 Å². The van der Waals surface area contributed by atoms with Gasteiger partial charge in [0.2, 0.25) is 0 Å². The smallest absolute Gasteiger partial charge is 0.343 e. The van der Waals surface area contributed by atoms with E-state index in [-0.39, 0.29) is 33.6 Å². The van der Waals surface area contributed by atoms with Crippen molar-refractivity contribution in [1.29, 1.82) is 0 Å². The van der Waals surface area contributed by atoms with Gasteiger partial charge < -0.3 is 9.47 Å². The average Bonchev–Trinajstić information content (AvgIpc) is 2.60. The Bertz CT molecular complexity index is 947. The highest BCUT2D eigenvalue weighted by Gasteiger charge is 2.18. The highest BCUT2D eigenvalue weighted by atomic mass is 35.5. The first kappa shape index (κ1) is 19.5. The largest absolute Gasteiger partial charge is 0.480 e. The van der Waals surface area contributed by atoms with Crippen molar-refractivity contribution >= 4 is 39.0 Å². The number of non-ortho nitro benzene ring substituents is 1. The number of halogens is 1. The van der Waals surface area contributed by atoms with Crippen molar-refractivity contribution in [3.63, 3.8) is 0 Å². The molecular weight excluding hydrogens is 388 g/mol. The van der Waals surface area contributed by atoms with Crippen LogP contribution in [-0.2, 0) is 19.6 Å². The van der Waals surface area contributed by atoms with E-state index < -0.39 is 20.9 Å². The van der Waals surface area contributed by atoms with Crippen molar-refractivity contribution in [3.8, 4) is 5.75 Å². The molecule has 0 atom stereocenters. The minimum absolute atomic E-state index is 0.0290. The molecule has 0 amide bonds. The molecule has 138 valence electrons. The molecule has 2 aromatic rings. The van der Waals surface area contributed by atoms with Gasteiger partial charge >= 0.3 is 5.97 Å². The van der Waals surface area contributed by atoms with Crippen molar-refractivity contribution in [2.45, 2.75) is 4.90 Å². The predicted molar refractivity (Wildman–Crippen MR) is 92.9 cm³/mol. The van der Waals surface area contributed by atoms with Crippen LogP contribution in [0.5, 0.6) is 5.75 Å². The molecule has 0 unspecified atom stereocenters. The van der Waals surface area contributed by atoms with Crippen molar-refractivity contribution in [2.75, 3.05) is 18.4 Å². The third kappa shape index (κ3) is 4.83. The van der Waals surface area contributed by atoms with E-state index in [0.717, 1.165) is 12.1 Å². The Kier molecular flexibility index (Phi) is 6.01. The van der Waals surface area contributed by atoms with Gasteiger partial charge in [0.25, 0.3) is 15.7 Å². The summed E-state index contributed by atoms with van der Waals surface area (Å²) in [6.07, 6.45) is 0. The zero-order chi connectivity index (χ0) is 19.3. The van der Waals surface area contributed by atoms with E-state index in [1.807, 2.05) is 0 Å². The van der Waals surface area contributed by atoms with Crippen LogP contribution in [0.2, 0.25) is 5.02 Å². The van der Waals surface area contributed by atoms with Gasteiger partial charge in [0.1, 0.15) is 5.75 Å². The number of nitro benzene ring substituents is 1. The summed E-state index contributed by atoms with van der Waals surface area (Å²) in [6.45, 7) is -0.381. The summed E-state index contributed by atoms with van der Waals surface area (Å²) in [4.78, 5) is 21.0. The monoisotopic (exact) mass is 400 g/mol. The topological polar surface area (TPSA) is 125 Å². The third-order valence-corrected chi connectivity index (χ3v) is 4.77. The Morgan fingerprint density at radius 1 is 1.27 bits per heavy atom. The van der Waals surface area contributed by atoms with Crippen molar-refractivity contribution in [3.05, 3.63) is 57.6 Å². The number of nitrogens with one attached hydrogen (secondary N) is 1. The van der Waals surface area contributed by atoms with Crippen molar-refractivity contribution < 1.29 is 27.6 Å². The van der Waals surface area contributed by atoms with Gasteiger partial charge in [-0.1, -0.05) is 17.7 Å². The van der Waals surface area contributed by atoms with E-state index >= 15 is 0 Å². The predicted octanol–water partition coefficient (Wildman–Crippen LogP) is 2.60. The molecule has 2 rings (SSSR count).